The van der Waals surface area contributed by atoms with Crippen LogP contribution in [0, 0.1) is 12.8 Å². The molecule has 5 atom stereocenters. The van der Waals surface area contributed by atoms with Gasteiger partial charge < -0.3 is 28.4 Å². The molecular weight excluding hydrogens is 364 g/mol. The molecule has 1 aromatic carbocycles. The van der Waals surface area contributed by atoms with Gasteiger partial charge in [-0.25, -0.2) is 0 Å². The number of carbonyl (C=O) groups excluding carboxylic acids is 1. The van der Waals surface area contributed by atoms with Gasteiger partial charge in [0.2, 0.25) is 0 Å². The molecule has 28 heavy (non-hydrogen) atoms. The molecule has 1 aromatic rings. The van der Waals surface area contributed by atoms with Crippen molar-refractivity contribution in [3.8, 4) is 5.75 Å². The van der Waals surface area contributed by atoms with Crippen molar-refractivity contribution in [2.45, 2.75) is 51.3 Å². The monoisotopic (exact) mass is 396 g/mol. The lowest BCUT2D eigenvalue weighted by Gasteiger charge is -2.43. The summed E-state index contributed by atoms with van der Waals surface area (Å²) in [6, 6.07) is 7.81. The largest absolute Gasteiger partial charge is 0.494 e. The third-order valence-electron chi connectivity index (χ3n) is 4.95. The topological polar surface area (TPSA) is 72.5 Å². The van der Waals surface area contributed by atoms with Crippen LogP contribution >= 0.6 is 0 Å². The van der Waals surface area contributed by atoms with E-state index >= 15 is 0 Å². The third-order valence-corrected chi connectivity index (χ3v) is 4.95. The summed E-state index contributed by atoms with van der Waals surface area (Å²) in [5.74, 6) is 0.487. The second-order valence-electron chi connectivity index (χ2n) is 6.99. The maximum absolute atomic E-state index is 12.1. The van der Waals surface area contributed by atoms with Crippen LogP contribution in [0.4, 0.5) is 0 Å². The predicted octanol–water partition coefficient (Wildman–Crippen LogP) is 2.73. The Morgan fingerprint density at radius 3 is 2.32 bits per heavy atom. The van der Waals surface area contributed by atoms with E-state index in [1.54, 1.807) is 21.3 Å². The fourth-order valence-electron chi connectivity index (χ4n) is 3.37. The highest BCUT2D eigenvalue weighted by molar-refractivity contribution is 5.69. The summed E-state index contributed by atoms with van der Waals surface area (Å²) in [6.07, 6.45) is -0.607. The van der Waals surface area contributed by atoms with Gasteiger partial charge in [0.05, 0.1) is 12.7 Å². The van der Waals surface area contributed by atoms with E-state index in [1.165, 1.54) is 5.56 Å². The van der Waals surface area contributed by atoms with Gasteiger partial charge in [0.25, 0.3) is 0 Å². The van der Waals surface area contributed by atoms with E-state index in [1.807, 2.05) is 38.1 Å². The van der Waals surface area contributed by atoms with Crippen LogP contribution in [-0.2, 0) is 28.5 Å². The summed E-state index contributed by atoms with van der Waals surface area (Å²) < 4.78 is 33.4. The number of rotatable bonds is 10. The summed E-state index contributed by atoms with van der Waals surface area (Å²) in [5.41, 5.74) is 1.18. The molecule has 0 bridgehead atoms. The molecule has 0 aromatic heterocycles. The zero-order valence-corrected chi connectivity index (χ0v) is 17.4. The maximum atomic E-state index is 12.1. The number of esters is 1. The average molecular weight is 396 g/mol. The lowest BCUT2D eigenvalue weighted by atomic mass is 9.92. The van der Waals surface area contributed by atoms with E-state index in [-0.39, 0.29) is 37.1 Å². The van der Waals surface area contributed by atoms with Gasteiger partial charge in [-0.3, -0.25) is 4.79 Å². The second-order valence-corrected chi connectivity index (χ2v) is 6.99. The van der Waals surface area contributed by atoms with Gasteiger partial charge in [0.15, 0.2) is 6.29 Å². The number of ether oxygens (including phenoxy) is 6. The molecule has 2 rings (SSSR count). The van der Waals surface area contributed by atoms with Crippen molar-refractivity contribution in [3.63, 3.8) is 0 Å². The van der Waals surface area contributed by atoms with E-state index in [2.05, 4.69) is 0 Å². The molecule has 0 spiro atoms. The molecule has 0 aliphatic carbocycles. The van der Waals surface area contributed by atoms with Crippen LogP contribution < -0.4 is 4.74 Å². The number of hydrogen-bond donors (Lipinski definition) is 0. The molecule has 158 valence electrons. The van der Waals surface area contributed by atoms with E-state index in [9.17, 15) is 4.79 Å². The molecule has 1 saturated heterocycles. The first kappa shape index (κ1) is 22.6. The molecule has 5 unspecified atom stereocenters. The Bertz CT molecular complexity index is 589. The summed E-state index contributed by atoms with van der Waals surface area (Å²) in [7, 11) is 4.80. The average Bonchev–Trinajstić information content (AvgIpc) is 2.71. The highest BCUT2D eigenvalue weighted by atomic mass is 16.7. The normalized spacial score (nSPS) is 27.4. The minimum Gasteiger partial charge on any atom is -0.494 e. The second kappa shape index (κ2) is 11.4. The van der Waals surface area contributed by atoms with Gasteiger partial charge in [-0.05, 0) is 25.5 Å². The number of benzene rings is 1. The van der Waals surface area contributed by atoms with E-state index in [4.69, 9.17) is 28.4 Å². The van der Waals surface area contributed by atoms with Gasteiger partial charge in [0.1, 0.15) is 24.6 Å². The molecule has 0 amide bonds. The molecule has 7 heteroatoms. The Balaban J connectivity index is 1.74. The molecule has 0 radical (unpaired) electrons. The van der Waals surface area contributed by atoms with Crippen molar-refractivity contribution in [2.24, 2.45) is 5.92 Å². The maximum Gasteiger partial charge on any atom is 0.306 e. The summed E-state index contributed by atoms with van der Waals surface area (Å²) >= 11 is 0. The zero-order valence-electron chi connectivity index (χ0n) is 17.4. The van der Waals surface area contributed by atoms with Crippen LogP contribution in [0.25, 0.3) is 0 Å². The zero-order chi connectivity index (χ0) is 20.5. The molecule has 7 nitrogen and oxygen atoms in total. The third kappa shape index (κ3) is 6.17. The Morgan fingerprint density at radius 2 is 1.71 bits per heavy atom. The molecule has 0 saturated carbocycles. The summed E-state index contributed by atoms with van der Waals surface area (Å²) in [4.78, 5) is 12.1. The highest BCUT2D eigenvalue weighted by Gasteiger charge is 2.45. The molecule has 1 aliphatic heterocycles. The highest BCUT2D eigenvalue weighted by Crippen LogP contribution is 2.30. The smallest absolute Gasteiger partial charge is 0.306 e. The number of methoxy groups -OCH3 is 3. The van der Waals surface area contributed by atoms with Crippen LogP contribution in [0.15, 0.2) is 24.3 Å². The summed E-state index contributed by atoms with van der Waals surface area (Å²) in [6.45, 7) is 4.54. The molecule has 0 N–H and O–H groups in total. The first-order chi connectivity index (χ1) is 13.5. The van der Waals surface area contributed by atoms with Gasteiger partial charge in [-0.1, -0.05) is 24.6 Å². The minimum absolute atomic E-state index is 0.00850. The first-order valence-electron chi connectivity index (χ1n) is 9.59. The SMILES string of the molecule is COC1OC(COC(=O)CCCOc2ccc(C)cc2)C(OC)C(OC)C1C. The lowest BCUT2D eigenvalue weighted by Crippen LogP contribution is -2.57. The number of hydrogen-bond acceptors (Lipinski definition) is 7. The first-order valence-corrected chi connectivity index (χ1v) is 9.59. The van der Waals surface area contributed by atoms with Crippen LogP contribution in [0.5, 0.6) is 5.75 Å². The van der Waals surface area contributed by atoms with Crippen LogP contribution in [0.3, 0.4) is 0 Å². The van der Waals surface area contributed by atoms with Crippen molar-refractivity contribution < 1.29 is 33.2 Å². The Morgan fingerprint density at radius 1 is 1.04 bits per heavy atom. The van der Waals surface area contributed by atoms with Gasteiger partial charge in [-0.15, -0.1) is 0 Å². The van der Waals surface area contributed by atoms with Crippen LogP contribution in [-0.4, -0.2) is 65.1 Å². The number of aryl methyl sites for hydroxylation is 1. The quantitative estimate of drug-likeness (QED) is 0.445. The van der Waals surface area contributed by atoms with E-state index < -0.39 is 12.4 Å². The van der Waals surface area contributed by atoms with Gasteiger partial charge in [-0.2, -0.15) is 0 Å². The Kier molecular flexibility index (Phi) is 9.18. The molecule has 1 heterocycles. The van der Waals surface area contributed by atoms with Crippen molar-refractivity contribution >= 4 is 5.97 Å². The Hall–Kier alpha value is -1.67. The molecular formula is C21H32O7. The fourth-order valence-corrected chi connectivity index (χ4v) is 3.37. The summed E-state index contributed by atoms with van der Waals surface area (Å²) in [5, 5.41) is 0. The fraction of sp³-hybridized carbons (Fsp3) is 0.667. The van der Waals surface area contributed by atoms with Crippen molar-refractivity contribution in [1.29, 1.82) is 0 Å². The van der Waals surface area contributed by atoms with Crippen molar-refractivity contribution in [2.75, 3.05) is 34.5 Å². The standard InChI is InChI=1S/C21H32O7/c1-14-8-10-16(11-9-14)26-12-6-7-18(22)27-13-17-20(24-4)19(23-3)15(2)21(25-5)28-17/h8-11,15,17,19-21H,6-7,12-13H2,1-5H3. The minimum atomic E-state index is -0.455. The van der Waals surface area contributed by atoms with Gasteiger partial charge in [0, 0.05) is 33.7 Å². The predicted molar refractivity (Wildman–Crippen MR) is 103 cm³/mol. The molecule has 1 fully saturated rings. The van der Waals surface area contributed by atoms with E-state index in [0.717, 1.165) is 5.75 Å². The Labute approximate surface area is 167 Å². The molecule has 1 aliphatic rings. The number of carbonyl (C=O) groups is 1. The van der Waals surface area contributed by atoms with Crippen molar-refractivity contribution in [1.82, 2.24) is 0 Å². The lowest BCUT2D eigenvalue weighted by molar-refractivity contribution is -0.284. The van der Waals surface area contributed by atoms with Crippen molar-refractivity contribution in [3.05, 3.63) is 29.8 Å². The van der Waals surface area contributed by atoms with E-state index in [0.29, 0.717) is 13.0 Å². The van der Waals surface area contributed by atoms with Crippen LogP contribution in [0.2, 0.25) is 0 Å². The van der Waals surface area contributed by atoms with Gasteiger partial charge >= 0.3 is 5.97 Å². The van der Waals surface area contributed by atoms with Crippen LogP contribution in [0.1, 0.15) is 25.3 Å².